The molecule has 1 unspecified atom stereocenters. The Hall–Kier alpha value is -2.43. The molecule has 0 spiro atoms. The molecule has 0 aliphatic rings. The highest BCUT2D eigenvalue weighted by atomic mass is 19.1. The second-order valence-corrected chi connectivity index (χ2v) is 5.05. The molecule has 5 heteroatoms. The average molecular weight is 290 g/mol. The Morgan fingerprint density at radius 3 is 2.43 bits per heavy atom. The van der Waals surface area contributed by atoms with E-state index in [0.717, 1.165) is 17.7 Å². The zero-order valence-corrected chi connectivity index (χ0v) is 11.8. The number of nitrogens with two attached hydrogens (primary N) is 1. The van der Waals surface area contributed by atoms with Gasteiger partial charge < -0.3 is 11.1 Å². The minimum atomic E-state index is -1.48. The third-order valence-corrected chi connectivity index (χ3v) is 3.49. The fourth-order valence-corrected chi connectivity index (χ4v) is 2.14. The van der Waals surface area contributed by atoms with E-state index in [1.807, 2.05) is 19.1 Å². The van der Waals surface area contributed by atoms with Crippen molar-refractivity contribution in [1.29, 1.82) is 0 Å². The predicted molar refractivity (Wildman–Crippen MR) is 77.7 cm³/mol. The van der Waals surface area contributed by atoms with Crippen LogP contribution in [-0.4, -0.2) is 5.91 Å². The largest absolute Gasteiger partial charge is 0.368 e. The van der Waals surface area contributed by atoms with Crippen molar-refractivity contribution in [2.75, 3.05) is 5.32 Å². The molecule has 2 aromatic rings. The van der Waals surface area contributed by atoms with Crippen molar-refractivity contribution >= 4 is 11.6 Å². The van der Waals surface area contributed by atoms with Gasteiger partial charge >= 0.3 is 0 Å². The maximum Gasteiger partial charge on any atom is 0.247 e. The van der Waals surface area contributed by atoms with Gasteiger partial charge in [-0.3, -0.25) is 4.79 Å². The monoisotopic (exact) mass is 290 g/mol. The molecule has 0 saturated carbocycles. The molecule has 21 heavy (non-hydrogen) atoms. The number of para-hydroxylation sites is 1. The Labute approximate surface area is 121 Å². The summed E-state index contributed by atoms with van der Waals surface area (Å²) in [6.45, 7) is 3.32. The zero-order valence-electron chi connectivity index (χ0n) is 11.8. The number of aryl methyl sites for hydroxylation is 1. The van der Waals surface area contributed by atoms with Crippen molar-refractivity contribution in [2.24, 2.45) is 5.73 Å². The van der Waals surface area contributed by atoms with Gasteiger partial charge in [-0.25, -0.2) is 8.78 Å². The molecule has 0 fully saturated rings. The van der Waals surface area contributed by atoms with Crippen molar-refractivity contribution in [3.8, 4) is 0 Å². The van der Waals surface area contributed by atoms with E-state index in [-0.39, 0.29) is 5.56 Å². The van der Waals surface area contributed by atoms with E-state index in [4.69, 9.17) is 5.73 Å². The summed E-state index contributed by atoms with van der Waals surface area (Å²) in [6.07, 6.45) is 0. The van der Waals surface area contributed by atoms with E-state index >= 15 is 0 Å². The third kappa shape index (κ3) is 2.86. The summed E-state index contributed by atoms with van der Waals surface area (Å²) in [5, 5.41) is 2.96. The van der Waals surface area contributed by atoms with Crippen LogP contribution in [0, 0.1) is 18.6 Å². The first-order valence-corrected chi connectivity index (χ1v) is 6.44. The summed E-state index contributed by atoms with van der Waals surface area (Å²) in [7, 11) is 0. The number of amides is 1. The van der Waals surface area contributed by atoms with E-state index < -0.39 is 23.1 Å². The minimum Gasteiger partial charge on any atom is -0.368 e. The van der Waals surface area contributed by atoms with Crippen LogP contribution in [0.5, 0.6) is 0 Å². The van der Waals surface area contributed by atoms with Crippen LogP contribution in [0.1, 0.15) is 18.1 Å². The van der Waals surface area contributed by atoms with E-state index in [1.165, 1.54) is 13.0 Å². The number of nitrogens with one attached hydrogen (secondary N) is 1. The second-order valence-electron chi connectivity index (χ2n) is 5.05. The highest BCUT2D eigenvalue weighted by Gasteiger charge is 2.36. The average Bonchev–Trinajstić information content (AvgIpc) is 2.41. The molecule has 0 radical (unpaired) electrons. The van der Waals surface area contributed by atoms with Gasteiger partial charge in [-0.05, 0) is 31.5 Å². The molecule has 0 bridgehead atoms. The second kappa shape index (κ2) is 5.52. The van der Waals surface area contributed by atoms with Gasteiger partial charge in [0.05, 0.1) is 0 Å². The fourth-order valence-electron chi connectivity index (χ4n) is 2.14. The van der Waals surface area contributed by atoms with Gasteiger partial charge in [0.2, 0.25) is 5.91 Å². The number of carbonyl (C=O) groups excluding carboxylic acids is 1. The van der Waals surface area contributed by atoms with Gasteiger partial charge in [0, 0.05) is 17.3 Å². The Morgan fingerprint density at radius 2 is 1.86 bits per heavy atom. The Balaban J connectivity index is 2.51. The van der Waals surface area contributed by atoms with Gasteiger partial charge in [0.1, 0.15) is 17.2 Å². The van der Waals surface area contributed by atoms with Gasteiger partial charge in [-0.2, -0.15) is 0 Å². The van der Waals surface area contributed by atoms with Gasteiger partial charge in [0.25, 0.3) is 0 Å². The summed E-state index contributed by atoms with van der Waals surface area (Å²) in [5.41, 5.74) is 5.50. The summed E-state index contributed by atoms with van der Waals surface area (Å²) in [5.74, 6) is -2.28. The van der Waals surface area contributed by atoms with Crippen LogP contribution in [0.15, 0.2) is 42.5 Å². The molecular formula is C16H16F2N2O. The first-order valence-electron chi connectivity index (χ1n) is 6.44. The highest BCUT2D eigenvalue weighted by Crippen LogP contribution is 2.29. The van der Waals surface area contributed by atoms with E-state index in [9.17, 15) is 13.6 Å². The summed E-state index contributed by atoms with van der Waals surface area (Å²) >= 11 is 0. The maximum atomic E-state index is 14.0. The number of hydrogen-bond donors (Lipinski definition) is 2. The van der Waals surface area contributed by atoms with Crippen LogP contribution in [0.4, 0.5) is 14.5 Å². The molecule has 1 atom stereocenters. The van der Waals surface area contributed by atoms with E-state index in [0.29, 0.717) is 5.69 Å². The number of hydrogen-bond acceptors (Lipinski definition) is 2. The van der Waals surface area contributed by atoms with Crippen molar-refractivity contribution in [2.45, 2.75) is 19.4 Å². The van der Waals surface area contributed by atoms with Crippen LogP contribution in [0.25, 0.3) is 0 Å². The fraction of sp³-hybridized carbons (Fsp3) is 0.188. The molecule has 110 valence electrons. The van der Waals surface area contributed by atoms with E-state index in [2.05, 4.69) is 5.32 Å². The standard InChI is InChI=1S/C16H16F2N2O/c1-10-5-3-4-6-14(10)20-16(2,15(19)21)12-8-7-11(17)9-13(12)18/h3-9,20H,1-2H3,(H2,19,21). The molecule has 3 nitrogen and oxygen atoms in total. The Bertz CT molecular complexity index is 688. The van der Waals surface area contributed by atoms with Gasteiger partial charge in [-0.1, -0.05) is 24.3 Å². The number of primary amides is 1. The Morgan fingerprint density at radius 1 is 1.19 bits per heavy atom. The lowest BCUT2D eigenvalue weighted by molar-refractivity contribution is -0.122. The predicted octanol–water partition coefficient (Wildman–Crippen LogP) is 3.09. The molecule has 0 aliphatic heterocycles. The van der Waals surface area contributed by atoms with Crippen molar-refractivity contribution in [3.63, 3.8) is 0 Å². The van der Waals surface area contributed by atoms with Crippen LogP contribution in [-0.2, 0) is 10.3 Å². The first kappa shape index (κ1) is 15.0. The molecule has 2 aromatic carbocycles. The van der Waals surface area contributed by atoms with Crippen molar-refractivity contribution < 1.29 is 13.6 Å². The minimum absolute atomic E-state index is 0.000321. The van der Waals surface area contributed by atoms with Gasteiger partial charge in [-0.15, -0.1) is 0 Å². The maximum absolute atomic E-state index is 14.0. The zero-order chi connectivity index (χ0) is 15.6. The van der Waals surface area contributed by atoms with Gasteiger partial charge in [0.15, 0.2) is 0 Å². The molecule has 2 rings (SSSR count). The number of benzene rings is 2. The molecule has 0 heterocycles. The van der Waals surface area contributed by atoms with Crippen LogP contribution in [0.3, 0.4) is 0 Å². The number of carbonyl (C=O) groups is 1. The smallest absolute Gasteiger partial charge is 0.247 e. The molecule has 0 aliphatic carbocycles. The quantitative estimate of drug-likeness (QED) is 0.909. The molecule has 3 N–H and O–H groups in total. The summed E-state index contributed by atoms with van der Waals surface area (Å²) in [4.78, 5) is 11.9. The topological polar surface area (TPSA) is 55.1 Å². The highest BCUT2D eigenvalue weighted by molar-refractivity contribution is 5.89. The first-order chi connectivity index (χ1) is 9.84. The number of halogens is 2. The molecule has 0 aromatic heterocycles. The normalized spacial score (nSPS) is 13.5. The van der Waals surface area contributed by atoms with E-state index in [1.54, 1.807) is 12.1 Å². The summed E-state index contributed by atoms with van der Waals surface area (Å²) in [6, 6.07) is 10.3. The lowest BCUT2D eigenvalue weighted by atomic mass is 9.90. The van der Waals surface area contributed by atoms with Crippen molar-refractivity contribution in [3.05, 3.63) is 65.2 Å². The van der Waals surface area contributed by atoms with Crippen LogP contribution < -0.4 is 11.1 Å². The molecule has 0 saturated heterocycles. The summed E-state index contributed by atoms with van der Waals surface area (Å²) < 4.78 is 27.1. The number of rotatable bonds is 4. The number of anilines is 1. The SMILES string of the molecule is Cc1ccccc1NC(C)(C(N)=O)c1ccc(F)cc1F. The lowest BCUT2D eigenvalue weighted by Gasteiger charge is -2.30. The molecule has 1 amide bonds. The molecular weight excluding hydrogens is 274 g/mol. The lowest BCUT2D eigenvalue weighted by Crippen LogP contribution is -2.46. The third-order valence-electron chi connectivity index (χ3n) is 3.49. The van der Waals surface area contributed by atoms with Crippen molar-refractivity contribution in [1.82, 2.24) is 0 Å². The van der Waals surface area contributed by atoms with Crippen LogP contribution in [0.2, 0.25) is 0 Å². The Kier molecular flexibility index (Phi) is 3.93. The van der Waals surface area contributed by atoms with Crippen LogP contribution >= 0.6 is 0 Å².